The highest BCUT2D eigenvalue weighted by Crippen LogP contribution is 2.22. The number of carbonyl (C=O) groups is 1. The molecule has 1 aromatic carbocycles. The number of amides is 1. The standard InChI is InChI=1S/C18H18N4O2S/c23-16(8-13-4-2-1-3-5-13)15-9-14-11-21(6-7-22(14)20-15)18(24)17-10-19-12-25-17/h1-5,9-10,12,16,23H,6-8,11H2/t16-/m1/s1. The number of benzene rings is 1. The van der Waals surface area contributed by atoms with Crippen LogP contribution in [0.5, 0.6) is 0 Å². The van der Waals surface area contributed by atoms with Gasteiger partial charge in [-0.1, -0.05) is 30.3 Å². The van der Waals surface area contributed by atoms with E-state index < -0.39 is 6.10 Å². The molecule has 3 heterocycles. The zero-order chi connectivity index (χ0) is 17.2. The summed E-state index contributed by atoms with van der Waals surface area (Å²) in [6.45, 7) is 1.75. The van der Waals surface area contributed by atoms with Crippen LogP contribution in [0.3, 0.4) is 0 Å². The van der Waals surface area contributed by atoms with Crippen molar-refractivity contribution in [3.05, 3.63) is 69.9 Å². The van der Waals surface area contributed by atoms with E-state index in [0.29, 0.717) is 36.6 Å². The summed E-state index contributed by atoms with van der Waals surface area (Å²) >= 11 is 1.35. The predicted octanol–water partition coefficient (Wildman–Crippen LogP) is 2.27. The number of nitrogens with zero attached hydrogens (tertiary/aromatic N) is 4. The fourth-order valence-electron chi connectivity index (χ4n) is 3.04. The van der Waals surface area contributed by atoms with E-state index in [9.17, 15) is 9.90 Å². The monoisotopic (exact) mass is 354 g/mol. The van der Waals surface area contributed by atoms with Crippen LogP contribution in [-0.2, 0) is 19.5 Å². The Kier molecular flexibility index (Phi) is 4.33. The van der Waals surface area contributed by atoms with Crippen LogP contribution in [0.15, 0.2) is 48.1 Å². The topological polar surface area (TPSA) is 71.2 Å². The SMILES string of the molecule is O=C(c1cncs1)N1CCn2nc([C@H](O)Cc3ccccc3)cc2C1. The summed E-state index contributed by atoms with van der Waals surface area (Å²) in [6.07, 6.45) is 1.49. The Balaban J connectivity index is 1.48. The van der Waals surface area contributed by atoms with Crippen LogP contribution < -0.4 is 0 Å². The van der Waals surface area contributed by atoms with Gasteiger partial charge >= 0.3 is 0 Å². The lowest BCUT2D eigenvalue weighted by molar-refractivity contribution is 0.0710. The summed E-state index contributed by atoms with van der Waals surface area (Å²) in [5.41, 5.74) is 4.35. The Bertz CT molecular complexity index is 861. The Morgan fingerprint density at radius 3 is 2.88 bits per heavy atom. The number of carbonyl (C=O) groups excluding carboxylic acids is 1. The van der Waals surface area contributed by atoms with Gasteiger partial charge in [0.15, 0.2) is 0 Å². The second-order valence-corrected chi connectivity index (χ2v) is 6.97. The molecule has 0 unspecified atom stereocenters. The average molecular weight is 354 g/mol. The number of aliphatic hydroxyl groups excluding tert-OH is 1. The summed E-state index contributed by atoms with van der Waals surface area (Å²) in [7, 11) is 0. The highest BCUT2D eigenvalue weighted by molar-refractivity contribution is 7.11. The maximum Gasteiger partial charge on any atom is 0.265 e. The van der Waals surface area contributed by atoms with Crippen LogP contribution in [0, 0.1) is 0 Å². The van der Waals surface area contributed by atoms with Gasteiger partial charge in [-0.25, -0.2) is 0 Å². The fourth-order valence-corrected chi connectivity index (χ4v) is 3.63. The predicted molar refractivity (Wildman–Crippen MR) is 94.2 cm³/mol. The molecule has 0 aliphatic carbocycles. The lowest BCUT2D eigenvalue weighted by Crippen LogP contribution is -2.38. The molecule has 1 aliphatic heterocycles. The van der Waals surface area contributed by atoms with Crippen molar-refractivity contribution in [2.75, 3.05) is 6.54 Å². The number of aromatic nitrogens is 3. The van der Waals surface area contributed by atoms with E-state index in [1.165, 1.54) is 11.3 Å². The first-order valence-corrected chi connectivity index (χ1v) is 9.05. The third-order valence-electron chi connectivity index (χ3n) is 4.36. The van der Waals surface area contributed by atoms with Crippen molar-refractivity contribution in [3.63, 3.8) is 0 Å². The smallest absolute Gasteiger partial charge is 0.265 e. The fraction of sp³-hybridized carbons (Fsp3) is 0.278. The number of hydrogen-bond donors (Lipinski definition) is 1. The average Bonchev–Trinajstić information content (AvgIpc) is 3.31. The molecule has 1 amide bonds. The molecular weight excluding hydrogens is 336 g/mol. The Morgan fingerprint density at radius 1 is 1.28 bits per heavy atom. The molecular formula is C18H18N4O2S. The van der Waals surface area contributed by atoms with Gasteiger partial charge < -0.3 is 10.0 Å². The van der Waals surface area contributed by atoms with Crippen molar-refractivity contribution in [2.45, 2.75) is 25.6 Å². The third-order valence-corrected chi connectivity index (χ3v) is 5.12. The molecule has 6 nitrogen and oxygen atoms in total. The number of fused-ring (bicyclic) bond motifs is 1. The highest BCUT2D eigenvalue weighted by Gasteiger charge is 2.25. The van der Waals surface area contributed by atoms with Gasteiger partial charge in [-0.3, -0.25) is 14.5 Å². The Morgan fingerprint density at radius 2 is 2.12 bits per heavy atom. The highest BCUT2D eigenvalue weighted by atomic mass is 32.1. The molecule has 0 bridgehead atoms. The molecule has 1 N–H and O–H groups in total. The normalized spacial score (nSPS) is 15.0. The second kappa shape index (κ2) is 6.78. The quantitative estimate of drug-likeness (QED) is 0.780. The molecule has 0 fully saturated rings. The Labute approximate surface area is 149 Å². The van der Waals surface area contributed by atoms with Crippen LogP contribution >= 0.6 is 11.3 Å². The van der Waals surface area contributed by atoms with E-state index in [1.807, 2.05) is 41.1 Å². The Hall–Kier alpha value is -2.51. The molecule has 4 rings (SSSR count). The van der Waals surface area contributed by atoms with Gasteiger partial charge in [0.2, 0.25) is 0 Å². The molecule has 0 saturated carbocycles. The van der Waals surface area contributed by atoms with Crippen LogP contribution in [-0.4, -0.2) is 37.2 Å². The zero-order valence-corrected chi connectivity index (χ0v) is 14.4. The molecule has 7 heteroatoms. The third kappa shape index (κ3) is 3.33. The molecule has 1 aliphatic rings. The summed E-state index contributed by atoms with van der Waals surface area (Å²) < 4.78 is 1.89. The first-order valence-electron chi connectivity index (χ1n) is 8.17. The summed E-state index contributed by atoms with van der Waals surface area (Å²) in [6, 6.07) is 11.8. The molecule has 2 aromatic heterocycles. The molecule has 0 radical (unpaired) electrons. The molecule has 0 spiro atoms. The van der Waals surface area contributed by atoms with Gasteiger partial charge in [0, 0.05) is 13.0 Å². The van der Waals surface area contributed by atoms with Crippen molar-refractivity contribution < 1.29 is 9.90 Å². The van der Waals surface area contributed by atoms with Gasteiger partial charge in [-0.2, -0.15) is 5.10 Å². The van der Waals surface area contributed by atoms with Crippen molar-refractivity contribution in [3.8, 4) is 0 Å². The van der Waals surface area contributed by atoms with Gasteiger partial charge in [0.1, 0.15) is 11.0 Å². The lowest BCUT2D eigenvalue weighted by Gasteiger charge is -2.27. The maximum absolute atomic E-state index is 12.5. The molecule has 25 heavy (non-hydrogen) atoms. The van der Waals surface area contributed by atoms with Crippen molar-refractivity contribution >= 4 is 17.2 Å². The summed E-state index contributed by atoms with van der Waals surface area (Å²) in [5, 5.41) is 15.0. The first kappa shape index (κ1) is 16.0. The van der Waals surface area contributed by atoms with Crippen molar-refractivity contribution in [1.29, 1.82) is 0 Å². The van der Waals surface area contributed by atoms with Crippen LogP contribution in [0.2, 0.25) is 0 Å². The van der Waals surface area contributed by atoms with E-state index in [4.69, 9.17) is 0 Å². The minimum absolute atomic E-state index is 0.00124. The van der Waals surface area contributed by atoms with E-state index in [-0.39, 0.29) is 5.91 Å². The van der Waals surface area contributed by atoms with Crippen molar-refractivity contribution in [2.24, 2.45) is 0 Å². The minimum Gasteiger partial charge on any atom is -0.386 e. The number of rotatable bonds is 4. The zero-order valence-electron chi connectivity index (χ0n) is 13.6. The number of aliphatic hydroxyl groups is 1. The number of thiazole rings is 1. The van der Waals surface area contributed by atoms with E-state index in [2.05, 4.69) is 10.1 Å². The van der Waals surface area contributed by atoms with Crippen LogP contribution in [0.1, 0.15) is 32.7 Å². The summed E-state index contributed by atoms with van der Waals surface area (Å²) in [5.74, 6) is 0.00124. The molecule has 3 aromatic rings. The van der Waals surface area contributed by atoms with Gasteiger partial charge in [-0.15, -0.1) is 11.3 Å². The maximum atomic E-state index is 12.5. The number of hydrogen-bond acceptors (Lipinski definition) is 5. The van der Waals surface area contributed by atoms with E-state index in [1.54, 1.807) is 16.6 Å². The van der Waals surface area contributed by atoms with E-state index in [0.717, 1.165) is 11.3 Å². The van der Waals surface area contributed by atoms with Crippen molar-refractivity contribution in [1.82, 2.24) is 19.7 Å². The second-order valence-electron chi connectivity index (χ2n) is 6.08. The molecule has 0 saturated heterocycles. The molecule has 128 valence electrons. The van der Waals surface area contributed by atoms with Crippen LogP contribution in [0.4, 0.5) is 0 Å². The largest absolute Gasteiger partial charge is 0.386 e. The lowest BCUT2D eigenvalue weighted by atomic mass is 10.1. The van der Waals surface area contributed by atoms with Gasteiger partial charge in [-0.05, 0) is 11.6 Å². The van der Waals surface area contributed by atoms with E-state index >= 15 is 0 Å². The summed E-state index contributed by atoms with van der Waals surface area (Å²) in [4.78, 5) is 18.9. The minimum atomic E-state index is -0.647. The van der Waals surface area contributed by atoms with Gasteiger partial charge in [0.05, 0.1) is 36.2 Å². The molecule has 1 atom stereocenters. The van der Waals surface area contributed by atoms with Gasteiger partial charge in [0.25, 0.3) is 5.91 Å². The van der Waals surface area contributed by atoms with Crippen LogP contribution in [0.25, 0.3) is 0 Å². The first-order chi connectivity index (χ1) is 12.2.